The van der Waals surface area contributed by atoms with Crippen molar-refractivity contribution >= 4 is 29.6 Å². The number of hydrogen-bond donors (Lipinski definition) is 1. The summed E-state index contributed by atoms with van der Waals surface area (Å²) in [4.78, 5) is 50.1. The molecule has 0 fully saturated rings. The van der Waals surface area contributed by atoms with E-state index in [2.05, 4.69) is 15.0 Å². The quantitative estimate of drug-likeness (QED) is 0.625. The average Bonchev–Trinajstić information content (AvgIpc) is 2.60. The highest BCUT2D eigenvalue weighted by molar-refractivity contribution is 6.04. The number of benzene rings is 1. The van der Waals surface area contributed by atoms with Gasteiger partial charge in [-0.15, -0.1) is 0 Å². The highest BCUT2D eigenvalue weighted by atomic mass is 16.5. The lowest BCUT2D eigenvalue weighted by atomic mass is 10.2. The first-order valence-electron chi connectivity index (χ1n) is 7.66. The zero-order valence-electron chi connectivity index (χ0n) is 14.8. The van der Waals surface area contributed by atoms with Crippen LogP contribution >= 0.6 is 0 Å². The molecule has 1 aromatic carbocycles. The van der Waals surface area contributed by atoms with Crippen LogP contribution in [0.25, 0.3) is 0 Å². The monoisotopic (exact) mass is 372 g/mol. The SMILES string of the molecule is COC(=O)c1ccc(NC(=O)c2cc(OC(C)=O)cc(OC(C)=O)c2)nc1. The van der Waals surface area contributed by atoms with Crippen molar-refractivity contribution in [3.63, 3.8) is 0 Å². The summed E-state index contributed by atoms with van der Waals surface area (Å²) in [5.41, 5.74) is 0.299. The van der Waals surface area contributed by atoms with Crippen LogP contribution in [0.3, 0.4) is 0 Å². The first-order valence-corrected chi connectivity index (χ1v) is 7.66. The van der Waals surface area contributed by atoms with E-state index in [4.69, 9.17) is 9.47 Å². The Balaban J connectivity index is 2.24. The van der Waals surface area contributed by atoms with E-state index in [9.17, 15) is 19.2 Å². The zero-order valence-corrected chi connectivity index (χ0v) is 14.8. The van der Waals surface area contributed by atoms with Gasteiger partial charge in [-0.3, -0.25) is 14.4 Å². The number of nitrogens with one attached hydrogen (secondary N) is 1. The molecule has 2 aromatic rings. The summed E-state index contributed by atoms with van der Waals surface area (Å²) in [6, 6.07) is 6.79. The Bertz CT molecular complexity index is 857. The lowest BCUT2D eigenvalue weighted by Gasteiger charge is -2.10. The van der Waals surface area contributed by atoms with E-state index >= 15 is 0 Å². The molecule has 27 heavy (non-hydrogen) atoms. The third kappa shape index (κ3) is 5.63. The Labute approximate surface area is 154 Å². The number of carbonyl (C=O) groups is 4. The smallest absolute Gasteiger partial charge is 0.339 e. The van der Waals surface area contributed by atoms with Crippen LogP contribution in [0.15, 0.2) is 36.5 Å². The lowest BCUT2D eigenvalue weighted by molar-refractivity contribution is -0.132. The number of pyridine rings is 1. The van der Waals surface area contributed by atoms with Gasteiger partial charge in [0.2, 0.25) is 0 Å². The number of amides is 1. The van der Waals surface area contributed by atoms with Gasteiger partial charge in [-0.05, 0) is 24.3 Å². The van der Waals surface area contributed by atoms with E-state index in [0.29, 0.717) is 0 Å². The summed E-state index contributed by atoms with van der Waals surface area (Å²) < 4.78 is 14.5. The molecule has 0 saturated heterocycles. The standard InChI is InChI=1S/C18H16N2O7/c1-10(21)26-14-6-13(7-15(8-14)27-11(2)22)17(23)20-16-5-4-12(9-19-16)18(24)25-3/h4-9H,1-3H3,(H,19,20,23). The fourth-order valence-electron chi connectivity index (χ4n) is 2.05. The molecule has 9 nitrogen and oxygen atoms in total. The van der Waals surface area contributed by atoms with E-state index < -0.39 is 23.8 Å². The molecule has 1 N–H and O–H groups in total. The number of hydrogen-bond acceptors (Lipinski definition) is 8. The third-order valence-corrected chi connectivity index (χ3v) is 3.09. The van der Waals surface area contributed by atoms with E-state index in [1.807, 2.05) is 0 Å². The summed E-state index contributed by atoms with van der Waals surface area (Å²) in [6.07, 6.45) is 1.25. The van der Waals surface area contributed by atoms with Gasteiger partial charge in [0.1, 0.15) is 17.3 Å². The Hall–Kier alpha value is -3.75. The van der Waals surface area contributed by atoms with Crippen molar-refractivity contribution < 1.29 is 33.4 Å². The largest absolute Gasteiger partial charge is 0.465 e. The molecule has 0 bridgehead atoms. The summed E-state index contributed by atoms with van der Waals surface area (Å²) >= 11 is 0. The van der Waals surface area contributed by atoms with Crippen LogP contribution in [-0.4, -0.2) is 35.9 Å². The van der Waals surface area contributed by atoms with Crippen LogP contribution in [0.4, 0.5) is 5.82 Å². The highest BCUT2D eigenvalue weighted by Gasteiger charge is 2.14. The van der Waals surface area contributed by atoms with Gasteiger partial charge in [0.05, 0.1) is 12.7 Å². The van der Waals surface area contributed by atoms with Crippen LogP contribution in [-0.2, 0) is 14.3 Å². The van der Waals surface area contributed by atoms with Crippen molar-refractivity contribution in [2.24, 2.45) is 0 Å². The molecule has 0 aliphatic rings. The number of nitrogens with zero attached hydrogens (tertiary/aromatic N) is 1. The molecular formula is C18H16N2O7. The third-order valence-electron chi connectivity index (χ3n) is 3.09. The fraction of sp³-hybridized carbons (Fsp3) is 0.167. The number of esters is 3. The molecule has 1 aromatic heterocycles. The maximum Gasteiger partial charge on any atom is 0.339 e. The number of ether oxygens (including phenoxy) is 3. The van der Waals surface area contributed by atoms with E-state index in [1.165, 1.54) is 57.5 Å². The summed E-state index contributed by atoms with van der Waals surface area (Å²) in [7, 11) is 1.24. The van der Waals surface area contributed by atoms with Gasteiger partial charge in [0.25, 0.3) is 5.91 Å². The number of methoxy groups -OCH3 is 1. The van der Waals surface area contributed by atoms with Gasteiger partial charge in [-0.1, -0.05) is 0 Å². The molecule has 140 valence electrons. The molecule has 0 saturated carbocycles. The van der Waals surface area contributed by atoms with E-state index in [-0.39, 0.29) is 28.4 Å². The predicted octanol–water partition coefficient (Wildman–Crippen LogP) is 1.97. The maximum atomic E-state index is 12.4. The second-order valence-electron chi connectivity index (χ2n) is 5.26. The van der Waals surface area contributed by atoms with Crippen LogP contribution < -0.4 is 14.8 Å². The Morgan fingerprint density at radius 1 is 0.889 bits per heavy atom. The summed E-state index contributed by atoms with van der Waals surface area (Å²) in [6.45, 7) is 2.40. The zero-order chi connectivity index (χ0) is 20.0. The van der Waals surface area contributed by atoms with Crippen molar-refractivity contribution in [3.8, 4) is 11.5 Å². The Morgan fingerprint density at radius 2 is 1.48 bits per heavy atom. The van der Waals surface area contributed by atoms with Gasteiger partial charge < -0.3 is 19.5 Å². The molecular weight excluding hydrogens is 356 g/mol. The number of aromatic nitrogens is 1. The fourth-order valence-corrected chi connectivity index (χ4v) is 2.05. The second kappa shape index (κ2) is 8.56. The van der Waals surface area contributed by atoms with E-state index in [0.717, 1.165) is 0 Å². The van der Waals surface area contributed by atoms with E-state index in [1.54, 1.807) is 0 Å². The van der Waals surface area contributed by atoms with Gasteiger partial charge in [0.15, 0.2) is 0 Å². The number of anilines is 1. The van der Waals surface area contributed by atoms with Crippen LogP contribution in [0.5, 0.6) is 11.5 Å². The number of carbonyl (C=O) groups excluding carboxylic acids is 4. The predicted molar refractivity (Wildman–Crippen MR) is 92.6 cm³/mol. The summed E-state index contributed by atoms with van der Waals surface area (Å²) in [5.74, 6) is -2.07. The molecule has 0 aliphatic heterocycles. The van der Waals surface area contributed by atoms with Crippen molar-refractivity contribution in [1.29, 1.82) is 0 Å². The minimum Gasteiger partial charge on any atom is -0.465 e. The molecule has 0 aliphatic carbocycles. The molecule has 0 atom stereocenters. The van der Waals surface area contributed by atoms with Crippen molar-refractivity contribution in [2.75, 3.05) is 12.4 Å². The van der Waals surface area contributed by atoms with Crippen molar-refractivity contribution in [2.45, 2.75) is 13.8 Å². The van der Waals surface area contributed by atoms with Gasteiger partial charge in [0, 0.05) is 31.7 Å². The van der Waals surface area contributed by atoms with Gasteiger partial charge in [-0.25, -0.2) is 9.78 Å². The first kappa shape index (κ1) is 19.6. The van der Waals surface area contributed by atoms with Gasteiger partial charge >= 0.3 is 17.9 Å². The molecule has 9 heteroatoms. The number of rotatable bonds is 5. The van der Waals surface area contributed by atoms with Gasteiger partial charge in [-0.2, -0.15) is 0 Å². The molecule has 1 heterocycles. The molecule has 2 rings (SSSR count). The Morgan fingerprint density at radius 3 is 1.93 bits per heavy atom. The lowest BCUT2D eigenvalue weighted by Crippen LogP contribution is -2.14. The first-order chi connectivity index (χ1) is 12.8. The normalized spacial score (nSPS) is 9.89. The molecule has 1 amide bonds. The van der Waals surface area contributed by atoms with Crippen LogP contribution in [0.1, 0.15) is 34.6 Å². The summed E-state index contributed by atoms with van der Waals surface area (Å²) in [5, 5.41) is 2.52. The van der Waals surface area contributed by atoms with Crippen LogP contribution in [0.2, 0.25) is 0 Å². The minimum absolute atomic E-state index is 0.0420. The molecule has 0 radical (unpaired) electrons. The minimum atomic E-state index is -0.596. The maximum absolute atomic E-state index is 12.4. The second-order valence-corrected chi connectivity index (χ2v) is 5.26. The average molecular weight is 372 g/mol. The molecule has 0 unspecified atom stereocenters. The van der Waals surface area contributed by atoms with Crippen molar-refractivity contribution in [3.05, 3.63) is 47.7 Å². The Kier molecular flexibility index (Phi) is 6.21. The highest BCUT2D eigenvalue weighted by Crippen LogP contribution is 2.24. The molecule has 0 spiro atoms. The van der Waals surface area contributed by atoms with Crippen LogP contribution in [0, 0.1) is 0 Å². The topological polar surface area (TPSA) is 121 Å². The van der Waals surface area contributed by atoms with Crippen molar-refractivity contribution in [1.82, 2.24) is 4.98 Å².